The van der Waals surface area contributed by atoms with Gasteiger partial charge in [0.1, 0.15) is 0 Å². The third-order valence-electron chi connectivity index (χ3n) is 3.94. The van der Waals surface area contributed by atoms with Gasteiger partial charge < -0.3 is 5.32 Å². The molecular weight excluding hydrogens is 372 g/mol. The van der Waals surface area contributed by atoms with Crippen LogP contribution < -0.4 is 10.7 Å². The summed E-state index contributed by atoms with van der Waals surface area (Å²) >= 11 is 0. The molecular formula is C21H16N4O4. The topological polar surface area (TPSA) is 114 Å². The fourth-order valence-electron chi connectivity index (χ4n) is 2.49. The van der Waals surface area contributed by atoms with E-state index in [2.05, 4.69) is 15.8 Å². The molecule has 0 heterocycles. The number of hydrogen-bond donors (Lipinski definition) is 2. The molecule has 2 amide bonds. The number of hydrogen-bond acceptors (Lipinski definition) is 5. The molecule has 8 nitrogen and oxygen atoms in total. The predicted octanol–water partition coefficient (Wildman–Crippen LogP) is 3.61. The summed E-state index contributed by atoms with van der Waals surface area (Å²) in [5.74, 6) is -0.738. The Kier molecular flexibility index (Phi) is 6.06. The highest BCUT2D eigenvalue weighted by molar-refractivity contribution is 6.04. The van der Waals surface area contributed by atoms with E-state index in [-0.39, 0.29) is 17.2 Å². The average molecular weight is 388 g/mol. The first-order valence-corrected chi connectivity index (χ1v) is 8.58. The highest BCUT2D eigenvalue weighted by Gasteiger charge is 2.11. The highest BCUT2D eigenvalue weighted by atomic mass is 16.6. The minimum atomic E-state index is -0.522. The van der Waals surface area contributed by atoms with Gasteiger partial charge in [-0.2, -0.15) is 5.10 Å². The SMILES string of the molecule is O=C(N/N=C\c1ccccc1[N+](=O)[O-])c1ccc(NC(=O)c2ccccc2)cc1. The second kappa shape index (κ2) is 9.05. The van der Waals surface area contributed by atoms with Gasteiger partial charge in [-0.3, -0.25) is 19.7 Å². The lowest BCUT2D eigenvalue weighted by molar-refractivity contribution is -0.385. The molecule has 0 aromatic heterocycles. The minimum Gasteiger partial charge on any atom is -0.322 e. The van der Waals surface area contributed by atoms with E-state index < -0.39 is 10.8 Å². The Balaban J connectivity index is 1.61. The Bertz CT molecular complexity index is 1060. The zero-order valence-electron chi connectivity index (χ0n) is 15.1. The van der Waals surface area contributed by atoms with Crippen LogP contribution in [0.25, 0.3) is 0 Å². The van der Waals surface area contributed by atoms with Crippen LogP contribution in [-0.4, -0.2) is 23.0 Å². The molecule has 0 spiro atoms. The lowest BCUT2D eigenvalue weighted by Crippen LogP contribution is -2.18. The van der Waals surface area contributed by atoms with Gasteiger partial charge in [0, 0.05) is 22.9 Å². The second-order valence-corrected chi connectivity index (χ2v) is 5.91. The Morgan fingerprint density at radius 3 is 2.14 bits per heavy atom. The van der Waals surface area contributed by atoms with Gasteiger partial charge in [0.15, 0.2) is 0 Å². The number of nitro groups is 1. The van der Waals surface area contributed by atoms with Crippen molar-refractivity contribution < 1.29 is 14.5 Å². The van der Waals surface area contributed by atoms with Crippen LogP contribution in [0.2, 0.25) is 0 Å². The first-order valence-electron chi connectivity index (χ1n) is 8.58. The lowest BCUT2D eigenvalue weighted by Gasteiger charge is -2.06. The Labute approximate surface area is 166 Å². The summed E-state index contributed by atoms with van der Waals surface area (Å²) in [5, 5.41) is 17.5. The molecule has 144 valence electrons. The van der Waals surface area contributed by atoms with Gasteiger partial charge in [0.2, 0.25) is 0 Å². The van der Waals surface area contributed by atoms with Crippen LogP contribution in [0.3, 0.4) is 0 Å². The number of benzene rings is 3. The zero-order chi connectivity index (χ0) is 20.6. The van der Waals surface area contributed by atoms with E-state index in [4.69, 9.17) is 0 Å². The van der Waals surface area contributed by atoms with Crippen molar-refractivity contribution in [2.45, 2.75) is 0 Å². The molecule has 0 bridgehead atoms. The normalized spacial score (nSPS) is 10.5. The fourth-order valence-corrected chi connectivity index (χ4v) is 2.49. The number of hydrazone groups is 1. The number of nitrogens with one attached hydrogen (secondary N) is 2. The summed E-state index contributed by atoms with van der Waals surface area (Å²) in [5.41, 5.74) is 3.88. The summed E-state index contributed by atoms with van der Waals surface area (Å²) in [7, 11) is 0. The zero-order valence-corrected chi connectivity index (χ0v) is 15.1. The fraction of sp³-hybridized carbons (Fsp3) is 0. The number of carbonyl (C=O) groups is 2. The summed E-state index contributed by atoms with van der Waals surface area (Å²) in [4.78, 5) is 34.7. The molecule has 0 radical (unpaired) electrons. The predicted molar refractivity (Wildman–Crippen MR) is 109 cm³/mol. The maximum absolute atomic E-state index is 12.2. The Morgan fingerprint density at radius 2 is 1.45 bits per heavy atom. The largest absolute Gasteiger partial charge is 0.322 e. The molecule has 0 aliphatic rings. The van der Waals surface area contributed by atoms with E-state index in [1.807, 2.05) is 6.07 Å². The molecule has 2 N–H and O–H groups in total. The van der Waals surface area contributed by atoms with E-state index in [9.17, 15) is 19.7 Å². The number of carbonyl (C=O) groups excluding carboxylic acids is 2. The van der Waals surface area contributed by atoms with E-state index in [0.29, 0.717) is 16.8 Å². The van der Waals surface area contributed by atoms with Gasteiger partial charge in [-0.1, -0.05) is 30.3 Å². The third kappa shape index (κ3) is 5.10. The second-order valence-electron chi connectivity index (χ2n) is 5.91. The van der Waals surface area contributed by atoms with Gasteiger partial charge in [-0.25, -0.2) is 5.43 Å². The van der Waals surface area contributed by atoms with Crippen molar-refractivity contribution >= 4 is 29.4 Å². The van der Waals surface area contributed by atoms with Gasteiger partial charge in [-0.15, -0.1) is 0 Å². The number of rotatable bonds is 6. The van der Waals surface area contributed by atoms with Crippen LogP contribution in [0.1, 0.15) is 26.3 Å². The monoisotopic (exact) mass is 388 g/mol. The summed E-state index contributed by atoms with van der Waals surface area (Å²) in [6, 6.07) is 21.1. The molecule has 0 saturated carbocycles. The Morgan fingerprint density at radius 1 is 0.828 bits per heavy atom. The molecule has 8 heteroatoms. The summed E-state index contributed by atoms with van der Waals surface area (Å²) in [6.45, 7) is 0. The van der Waals surface area contributed by atoms with E-state index in [1.54, 1.807) is 48.5 Å². The standard InChI is InChI=1S/C21H16N4O4/c26-20(15-6-2-1-3-7-15)23-18-12-10-16(11-13-18)21(27)24-22-14-17-8-4-5-9-19(17)25(28)29/h1-14H,(H,23,26)(H,24,27)/b22-14-. The third-order valence-corrected chi connectivity index (χ3v) is 3.94. The first-order chi connectivity index (χ1) is 14.0. The number of amides is 2. The summed E-state index contributed by atoms with van der Waals surface area (Å²) < 4.78 is 0. The van der Waals surface area contributed by atoms with E-state index in [1.165, 1.54) is 30.5 Å². The molecule has 3 aromatic rings. The molecule has 0 fully saturated rings. The van der Waals surface area contributed by atoms with Crippen molar-refractivity contribution in [1.29, 1.82) is 0 Å². The van der Waals surface area contributed by atoms with Crippen molar-refractivity contribution in [3.05, 3.63) is 106 Å². The molecule has 0 saturated heterocycles. The van der Waals surface area contributed by atoms with Crippen LogP contribution in [0.5, 0.6) is 0 Å². The first kappa shape index (κ1) is 19.4. The molecule has 0 unspecified atom stereocenters. The quantitative estimate of drug-likeness (QED) is 0.381. The maximum atomic E-state index is 12.2. The maximum Gasteiger partial charge on any atom is 0.278 e. The smallest absolute Gasteiger partial charge is 0.278 e. The Hall–Kier alpha value is -4.33. The van der Waals surface area contributed by atoms with Crippen molar-refractivity contribution in [1.82, 2.24) is 5.43 Å². The van der Waals surface area contributed by atoms with Crippen molar-refractivity contribution in [3.8, 4) is 0 Å². The molecule has 3 aromatic carbocycles. The van der Waals surface area contributed by atoms with Crippen LogP contribution in [0.4, 0.5) is 11.4 Å². The highest BCUT2D eigenvalue weighted by Crippen LogP contribution is 2.15. The van der Waals surface area contributed by atoms with E-state index in [0.717, 1.165) is 0 Å². The number of nitrogens with zero attached hydrogens (tertiary/aromatic N) is 2. The molecule has 0 atom stereocenters. The number of para-hydroxylation sites is 1. The van der Waals surface area contributed by atoms with Crippen molar-refractivity contribution in [2.75, 3.05) is 5.32 Å². The van der Waals surface area contributed by atoms with Gasteiger partial charge >= 0.3 is 0 Å². The molecule has 0 aliphatic heterocycles. The van der Waals surface area contributed by atoms with Crippen LogP contribution in [0, 0.1) is 10.1 Å². The average Bonchev–Trinajstić information content (AvgIpc) is 2.75. The van der Waals surface area contributed by atoms with Crippen molar-refractivity contribution in [3.63, 3.8) is 0 Å². The van der Waals surface area contributed by atoms with Crippen LogP contribution >= 0.6 is 0 Å². The molecule has 29 heavy (non-hydrogen) atoms. The lowest BCUT2D eigenvalue weighted by atomic mass is 10.1. The van der Waals surface area contributed by atoms with Crippen LogP contribution in [-0.2, 0) is 0 Å². The van der Waals surface area contributed by atoms with Gasteiger partial charge in [0.25, 0.3) is 17.5 Å². The molecule has 3 rings (SSSR count). The minimum absolute atomic E-state index is 0.107. The van der Waals surface area contributed by atoms with Gasteiger partial charge in [0.05, 0.1) is 16.7 Å². The van der Waals surface area contributed by atoms with Crippen molar-refractivity contribution in [2.24, 2.45) is 5.10 Å². The van der Waals surface area contributed by atoms with Crippen LogP contribution in [0.15, 0.2) is 84.0 Å². The molecule has 0 aliphatic carbocycles. The van der Waals surface area contributed by atoms with Gasteiger partial charge in [-0.05, 0) is 42.5 Å². The summed E-state index contributed by atoms with van der Waals surface area (Å²) in [6.07, 6.45) is 1.21. The number of anilines is 1. The number of nitro benzene ring substituents is 1. The van der Waals surface area contributed by atoms with E-state index >= 15 is 0 Å².